The molecule has 7 heavy (non-hydrogen) atoms. The first-order valence-electron chi connectivity index (χ1n) is 1.62. The number of carbonyl (C=O) groups is 1. The molecule has 5 heteroatoms. The molecule has 0 unspecified atom stereocenters. The van der Waals surface area contributed by atoms with E-state index in [1.165, 1.54) is 0 Å². The fourth-order valence-corrected chi connectivity index (χ4v) is 0.117. The number of amides is 1. The summed E-state index contributed by atoms with van der Waals surface area (Å²) in [5.74, 6) is 8.67. The lowest BCUT2D eigenvalue weighted by Gasteiger charge is -1.92. The fourth-order valence-electron chi connectivity index (χ4n) is 0.117. The van der Waals surface area contributed by atoms with Crippen molar-refractivity contribution in [3.05, 3.63) is 0 Å². The molecule has 0 aliphatic heterocycles. The van der Waals surface area contributed by atoms with Gasteiger partial charge >= 0.3 is 0 Å². The van der Waals surface area contributed by atoms with Crippen LogP contribution in [0.5, 0.6) is 0 Å². The van der Waals surface area contributed by atoms with E-state index in [0.29, 0.717) is 0 Å². The molecule has 0 aliphatic carbocycles. The molecule has 0 saturated carbocycles. The molecule has 0 aromatic rings. The Labute approximate surface area is 40.5 Å². The summed E-state index contributed by atoms with van der Waals surface area (Å²) < 4.78 is 0. The maximum atomic E-state index is 9.97. The first kappa shape index (κ1) is 6.35. The third-order valence-electron chi connectivity index (χ3n) is 0.375. The molecule has 5 N–H and O–H groups in total. The standard InChI is InChI=1S/C2H7N3O2/c3-5-2(6)1-7-4/h1,3-4H2,(H,5,6). The lowest BCUT2D eigenvalue weighted by Crippen LogP contribution is -2.34. The fraction of sp³-hybridized carbons (Fsp3) is 0.500. The van der Waals surface area contributed by atoms with Gasteiger partial charge in [0.25, 0.3) is 5.91 Å². The van der Waals surface area contributed by atoms with Crippen LogP contribution < -0.4 is 17.2 Å². The molecule has 5 nitrogen and oxygen atoms in total. The lowest BCUT2D eigenvalue weighted by atomic mass is 10.7. The van der Waals surface area contributed by atoms with Gasteiger partial charge in [0, 0.05) is 0 Å². The molecule has 0 spiro atoms. The first-order valence-corrected chi connectivity index (χ1v) is 1.62. The van der Waals surface area contributed by atoms with Crippen LogP contribution in [0, 0.1) is 0 Å². The first-order chi connectivity index (χ1) is 3.31. The maximum Gasteiger partial charge on any atom is 0.261 e. The van der Waals surface area contributed by atoms with Crippen molar-refractivity contribution in [3.63, 3.8) is 0 Å². The molecular weight excluding hydrogens is 98.0 g/mol. The Hall–Kier alpha value is -0.650. The van der Waals surface area contributed by atoms with Gasteiger partial charge in [-0.2, -0.15) is 0 Å². The van der Waals surface area contributed by atoms with Crippen molar-refractivity contribution in [1.82, 2.24) is 5.43 Å². The highest BCUT2D eigenvalue weighted by Crippen LogP contribution is 1.57. The van der Waals surface area contributed by atoms with Crippen molar-refractivity contribution in [1.29, 1.82) is 0 Å². The zero-order valence-electron chi connectivity index (χ0n) is 3.68. The second-order valence-corrected chi connectivity index (χ2v) is 0.879. The third-order valence-corrected chi connectivity index (χ3v) is 0.375. The minimum Gasteiger partial charge on any atom is -0.295 e. The summed E-state index contributed by atoms with van der Waals surface area (Å²) in [5, 5.41) is 0. The molecule has 0 rings (SSSR count). The number of nitrogens with one attached hydrogen (secondary N) is 1. The molecule has 0 radical (unpaired) electrons. The second kappa shape index (κ2) is 3.54. The molecule has 42 valence electrons. The number of hydrogen-bond donors (Lipinski definition) is 3. The topological polar surface area (TPSA) is 90.4 Å². The van der Waals surface area contributed by atoms with Crippen LogP contribution in [0.3, 0.4) is 0 Å². The van der Waals surface area contributed by atoms with Crippen molar-refractivity contribution in [2.75, 3.05) is 6.61 Å². The van der Waals surface area contributed by atoms with Gasteiger partial charge in [-0.25, -0.2) is 11.7 Å². The molecule has 0 aromatic heterocycles. The molecule has 0 aliphatic rings. The van der Waals surface area contributed by atoms with Gasteiger partial charge in [-0.05, 0) is 0 Å². The van der Waals surface area contributed by atoms with Crippen molar-refractivity contribution >= 4 is 5.91 Å². The van der Waals surface area contributed by atoms with Crippen molar-refractivity contribution in [3.8, 4) is 0 Å². The molecule has 0 atom stereocenters. The zero-order chi connectivity index (χ0) is 5.70. The Morgan fingerprint density at radius 2 is 2.43 bits per heavy atom. The van der Waals surface area contributed by atoms with Gasteiger partial charge in [-0.15, -0.1) is 0 Å². The van der Waals surface area contributed by atoms with E-state index in [2.05, 4.69) is 16.6 Å². The Kier molecular flexibility index (Phi) is 3.21. The van der Waals surface area contributed by atoms with Crippen LogP contribution in [-0.2, 0) is 9.63 Å². The summed E-state index contributed by atoms with van der Waals surface area (Å²) in [6.07, 6.45) is 0. The van der Waals surface area contributed by atoms with Gasteiger partial charge in [0.1, 0.15) is 6.61 Å². The van der Waals surface area contributed by atoms with E-state index in [1.807, 2.05) is 5.43 Å². The van der Waals surface area contributed by atoms with Crippen LogP contribution >= 0.6 is 0 Å². The van der Waals surface area contributed by atoms with Crippen molar-refractivity contribution in [2.45, 2.75) is 0 Å². The van der Waals surface area contributed by atoms with E-state index < -0.39 is 5.91 Å². The van der Waals surface area contributed by atoms with E-state index in [-0.39, 0.29) is 6.61 Å². The SMILES string of the molecule is NNC(=O)CON. The Balaban J connectivity index is 3.00. The lowest BCUT2D eigenvalue weighted by molar-refractivity contribution is -0.125. The number of carbonyl (C=O) groups excluding carboxylic acids is 1. The highest BCUT2D eigenvalue weighted by atomic mass is 16.6. The number of nitrogens with two attached hydrogens (primary N) is 2. The predicted molar refractivity (Wildman–Crippen MR) is 22.5 cm³/mol. The summed E-state index contributed by atoms with van der Waals surface area (Å²) in [4.78, 5) is 13.9. The van der Waals surface area contributed by atoms with E-state index in [4.69, 9.17) is 0 Å². The van der Waals surface area contributed by atoms with E-state index in [1.54, 1.807) is 0 Å². The monoisotopic (exact) mass is 105 g/mol. The zero-order valence-corrected chi connectivity index (χ0v) is 3.68. The largest absolute Gasteiger partial charge is 0.295 e. The minimum absolute atomic E-state index is 0.198. The number of rotatable bonds is 2. The predicted octanol–water partition coefficient (Wildman–Crippen LogP) is -2.13. The van der Waals surface area contributed by atoms with Gasteiger partial charge in [0.2, 0.25) is 0 Å². The molecule has 0 fully saturated rings. The van der Waals surface area contributed by atoms with Crippen molar-refractivity contribution in [2.24, 2.45) is 11.7 Å². The van der Waals surface area contributed by atoms with Gasteiger partial charge in [-0.3, -0.25) is 15.1 Å². The third kappa shape index (κ3) is 3.17. The van der Waals surface area contributed by atoms with Crippen LogP contribution in [0.2, 0.25) is 0 Å². The molecule has 0 heterocycles. The number of hydrogen-bond acceptors (Lipinski definition) is 4. The highest BCUT2D eigenvalue weighted by Gasteiger charge is 1.91. The molecule has 0 bridgehead atoms. The molecule has 0 aromatic carbocycles. The quantitative estimate of drug-likeness (QED) is 0.212. The van der Waals surface area contributed by atoms with Gasteiger partial charge in [-0.1, -0.05) is 0 Å². The summed E-state index contributed by atoms with van der Waals surface area (Å²) in [6, 6.07) is 0. The van der Waals surface area contributed by atoms with E-state index in [0.717, 1.165) is 0 Å². The van der Waals surface area contributed by atoms with Crippen molar-refractivity contribution < 1.29 is 9.63 Å². The Morgan fingerprint density at radius 1 is 1.86 bits per heavy atom. The van der Waals surface area contributed by atoms with Gasteiger partial charge in [0.15, 0.2) is 0 Å². The summed E-state index contributed by atoms with van der Waals surface area (Å²) in [5.41, 5.74) is 1.82. The summed E-state index contributed by atoms with van der Waals surface area (Å²) in [7, 11) is 0. The normalized spacial score (nSPS) is 8.29. The minimum atomic E-state index is -0.442. The summed E-state index contributed by atoms with van der Waals surface area (Å²) in [6.45, 7) is -0.198. The highest BCUT2D eigenvalue weighted by molar-refractivity contribution is 5.76. The van der Waals surface area contributed by atoms with Crippen LogP contribution in [0.4, 0.5) is 0 Å². The van der Waals surface area contributed by atoms with Crippen LogP contribution in [0.1, 0.15) is 0 Å². The van der Waals surface area contributed by atoms with E-state index >= 15 is 0 Å². The molecule has 0 saturated heterocycles. The van der Waals surface area contributed by atoms with Gasteiger partial charge < -0.3 is 0 Å². The van der Waals surface area contributed by atoms with Gasteiger partial charge in [0.05, 0.1) is 0 Å². The molecular formula is C2H7N3O2. The van der Waals surface area contributed by atoms with Crippen LogP contribution in [-0.4, -0.2) is 12.5 Å². The second-order valence-electron chi connectivity index (χ2n) is 0.879. The smallest absolute Gasteiger partial charge is 0.261 e. The van der Waals surface area contributed by atoms with Crippen LogP contribution in [0.15, 0.2) is 0 Å². The van der Waals surface area contributed by atoms with E-state index in [9.17, 15) is 4.79 Å². The average Bonchev–Trinajstić information content (AvgIpc) is 1.68. The maximum absolute atomic E-state index is 9.97. The number of hydrazine groups is 1. The Morgan fingerprint density at radius 3 is 2.57 bits per heavy atom. The Bertz CT molecular complexity index is 64.0. The average molecular weight is 105 g/mol. The molecule has 1 amide bonds. The summed E-state index contributed by atoms with van der Waals surface area (Å²) >= 11 is 0. The van der Waals surface area contributed by atoms with Crippen LogP contribution in [0.25, 0.3) is 0 Å².